The number of carbonyl (C=O) groups is 1. The Morgan fingerprint density at radius 1 is 0.968 bits per heavy atom. The summed E-state index contributed by atoms with van der Waals surface area (Å²) in [6.07, 6.45) is 2.08. The summed E-state index contributed by atoms with van der Waals surface area (Å²) in [6.45, 7) is 6.06. The normalized spacial score (nSPS) is 12.9. The second kappa shape index (κ2) is 9.62. The van der Waals surface area contributed by atoms with E-state index < -0.39 is 16.0 Å². The molecule has 0 aliphatic heterocycles. The molecule has 2 aliphatic rings. The molecule has 1 aromatic rings. The highest BCUT2D eigenvalue weighted by Crippen LogP contribution is 2.34. The topological polar surface area (TPSA) is 83.5 Å². The number of rotatable bonds is 9. The standard InChI is InChI=1S/C25H29NO4S/c1-17(2)19-12-14-22-20(16-24(25(27)28)23(22)15-13-19)9-7-8-18(3)26-31(29,30)21-10-5-4-6-11-21/h4-6,10-18,26H,7-9H2,1-3H3,(H,27,28)/t18-/m0/s1. The summed E-state index contributed by atoms with van der Waals surface area (Å²) in [4.78, 5) is 12.0. The Morgan fingerprint density at radius 2 is 1.61 bits per heavy atom. The van der Waals surface area contributed by atoms with E-state index in [1.54, 1.807) is 36.4 Å². The molecule has 0 spiro atoms. The summed E-state index contributed by atoms with van der Waals surface area (Å²) in [7, 11) is -3.55. The van der Waals surface area contributed by atoms with Crippen molar-refractivity contribution in [3.8, 4) is 11.1 Å². The molecular weight excluding hydrogens is 410 g/mol. The highest BCUT2D eigenvalue weighted by molar-refractivity contribution is 7.89. The maximum atomic E-state index is 12.5. The van der Waals surface area contributed by atoms with Crippen LogP contribution in [-0.4, -0.2) is 25.5 Å². The largest absolute Gasteiger partial charge is 0.478 e. The van der Waals surface area contributed by atoms with Crippen LogP contribution in [0.15, 0.2) is 65.6 Å². The molecule has 0 unspecified atom stereocenters. The maximum Gasteiger partial charge on any atom is 0.336 e. The van der Waals surface area contributed by atoms with E-state index in [1.807, 2.05) is 25.1 Å². The molecule has 0 heterocycles. The maximum absolute atomic E-state index is 12.5. The summed E-state index contributed by atoms with van der Waals surface area (Å²) in [5, 5.41) is 9.63. The average molecular weight is 440 g/mol. The monoisotopic (exact) mass is 439 g/mol. The van der Waals surface area contributed by atoms with E-state index in [1.165, 1.54) is 0 Å². The van der Waals surface area contributed by atoms with Crippen LogP contribution < -0.4 is 4.72 Å². The molecule has 164 valence electrons. The summed E-state index contributed by atoms with van der Waals surface area (Å²) in [5.41, 5.74) is 4.14. The molecule has 31 heavy (non-hydrogen) atoms. The number of hydrogen-bond donors (Lipinski definition) is 2. The van der Waals surface area contributed by atoms with Crippen LogP contribution >= 0.6 is 0 Å². The molecule has 0 saturated heterocycles. The number of benzene rings is 1. The molecule has 2 N–H and O–H groups in total. The number of aromatic carboxylic acids is 1. The Labute approximate surface area is 184 Å². The molecule has 0 amide bonds. The van der Waals surface area contributed by atoms with Crippen LogP contribution in [0.2, 0.25) is 0 Å². The lowest BCUT2D eigenvalue weighted by Gasteiger charge is -2.14. The first kappa shape index (κ1) is 23.0. The minimum Gasteiger partial charge on any atom is -0.478 e. The predicted molar refractivity (Wildman–Crippen MR) is 123 cm³/mol. The molecular formula is C25H29NO4S. The molecule has 6 heteroatoms. The Hall–Kier alpha value is -2.70. The van der Waals surface area contributed by atoms with Crippen molar-refractivity contribution in [2.45, 2.75) is 56.9 Å². The molecule has 0 fully saturated rings. The highest BCUT2D eigenvalue weighted by Gasteiger charge is 2.20. The van der Waals surface area contributed by atoms with Gasteiger partial charge in [-0.3, -0.25) is 0 Å². The van der Waals surface area contributed by atoms with Crippen molar-refractivity contribution in [1.82, 2.24) is 4.72 Å². The second-order valence-corrected chi connectivity index (χ2v) is 9.98. The van der Waals surface area contributed by atoms with Gasteiger partial charge in [-0.25, -0.2) is 17.9 Å². The number of fused-ring (bicyclic) bond motifs is 1. The minimum absolute atomic E-state index is 0.228. The third kappa shape index (κ3) is 5.51. The zero-order chi connectivity index (χ0) is 22.6. The summed E-state index contributed by atoms with van der Waals surface area (Å²) in [5.74, 6) is -0.579. The van der Waals surface area contributed by atoms with E-state index in [9.17, 15) is 18.3 Å². The van der Waals surface area contributed by atoms with Crippen LogP contribution in [0.3, 0.4) is 0 Å². The molecule has 0 aromatic heterocycles. The molecule has 1 aromatic carbocycles. The number of carboxylic acid groups (broad SMARTS) is 1. The number of carboxylic acids is 1. The van der Waals surface area contributed by atoms with Crippen LogP contribution in [0.25, 0.3) is 11.1 Å². The van der Waals surface area contributed by atoms with Crippen LogP contribution in [0.1, 0.15) is 61.0 Å². The van der Waals surface area contributed by atoms with Gasteiger partial charge in [0.25, 0.3) is 0 Å². The van der Waals surface area contributed by atoms with E-state index in [4.69, 9.17) is 0 Å². The van der Waals surface area contributed by atoms with Crippen LogP contribution in [0, 0.1) is 0 Å². The summed E-state index contributed by atoms with van der Waals surface area (Å²) in [6, 6.07) is 17.8. The third-order valence-corrected chi connectivity index (χ3v) is 7.13. The van der Waals surface area contributed by atoms with Crippen molar-refractivity contribution in [3.63, 3.8) is 0 Å². The lowest BCUT2D eigenvalue weighted by Crippen LogP contribution is -2.32. The Morgan fingerprint density at radius 3 is 2.23 bits per heavy atom. The van der Waals surface area contributed by atoms with Crippen LogP contribution in [-0.2, 0) is 16.4 Å². The quantitative estimate of drug-likeness (QED) is 0.474. The lowest BCUT2D eigenvalue weighted by molar-refractivity contribution is 0.0698. The van der Waals surface area contributed by atoms with Crippen molar-refractivity contribution in [3.05, 3.63) is 77.4 Å². The first-order valence-corrected chi connectivity index (χ1v) is 12.0. The molecule has 1 atom stereocenters. The molecule has 0 radical (unpaired) electrons. The third-order valence-electron chi connectivity index (χ3n) is 5.52. The molecule has 3 rings (SSSR count). The molecule has 0 saturated carbocycles. The molecule has 2 aliphatic carbocycles. The SMILES string of the molecule is CC(C)c1ccc2c(CCC[C@H](C)NS(=O)(=O)c3ccccc3)cc(C(=O)O)c-2cc1. The smallest absolute Gasteiger partial charge is 0.336 e. The van der Waals surface area contributed by atoms with Crippen molar-refractivity contribution < 1.29 is 18.3 Å². The zero-order valence-electron chi connectivity index (χ0n) is 18.1. The Bertz CT molecular complexity index is 1120. The van der Waals surface area contributed by atoms with E-state index in [2.05, 4.69) is 24.6 Å². The number of nitrogens with one attached hydrogen (secondary N) is 1. The average Bonchev–Trinajstić information content (AvgIpc) is 2.91. The van der Waals surface area contributed by atoms with E-state index >= 15 is 0 Å². The fourth-order valence-electron chi connectivity index (χ4n) is 3.80. The highest BCUT2D eigenvalue weighted by atomic mass is 32.2. The zero-order valence-corrected chi connectivity index (χ0v) is 18.9. The van der Waals surface area contributed by atoms with E-state index in [0.29, 0.717) is 24.3 Å². The van der Waals surface area contributed by atoms with Gasteiger partial charge in [-0.05, 0) is 72.6 Å². The lowest BCUT2D eigenvalue weighted by atomic mass is 10.0. The van der Waals surface area contributed by atoms with Gasteiger partial charge in [0.2, 0.25) is 10.0 Å². The van der Waals surface area contributed by atoms with Gasteiger partial charge >= 0.3 is 5.97 Å². The molecule has 5 nitrogen and oxygen atoms in total. The van der Waals surface area contributed by atoms with Gasteiger partial charge in [-0.1, -0.05) is 56.3 Å². The van der Waals surface area contributed by atoms with Crippen LogP contribution in [0.5, 0.6) is 0 Å². The van der Waals surface area contributed by atoms with Crippen molar-refractivity contribution in [2.24, 2.45) is 0 Å². The Balaban J connectivity index is 1.71. The van der Waals surface area contributed by atoms with Crippen molar-refractivity contribution in [2.75, 3.05) is 0 Å². The Kier molecular flexibility index (Phi) is 7.13. The van der Waals surface area contributed by atoms with E-state index in [-0.39, 0.29) is 10.9 Å². The van der Waals surface area contributed by atoms with Gasteiger partial charge in [-0.15, -0.1) is 0 Å². The van der Waals surface area contributed by atoms with Gasteiger partial charge in [0, 0.05) is 6.04 Å². The first-order valence-electron chi connectivity index (χ1n) is 10.5. The summed E-state index contributed by atoms with van der Waals surface area (Å²) < 4.78 is 27.7. The fraction of sp³-hybridized carbons (Fsp3) is 0.320. The van der Waals surface area contributed by atoms with Crippen molar-refractivity contribution in [1.29, 1.82) is 0 Å². The number of sulfonamides is 1. The van der Waals surface area contributed by atoms with Crippen molar-refractivity contribution >= 4 is 16.0 Å². The minimum atomic E-state index is -3.55. The first-order chi connectivity index (χ1) is 14.7. The predicted octanol–water partition coefficient (Wildman–Crippen LogP) is 5.30. The summed E-state index contributed by atoms with van der Waals surface area (Å²) >= 11 is 0. The van der Waals surface area contributed by atoms with E-state index in [0.717, 1.165) is 28.7 Å². The van der Waals surface area contributed by atoms with Gasteiger partial charge in [-0.2, -0.15) is 0 Å². The second-order valence-electron chi connectivity index (χ2n) is 8.26. The fourth-order valence-corrected chi connectivity index (χ4v) is 5.10. The van der Waals surface area contributed by atoms with Gasteiger partial charge in [0.05, 0.1) is 10.5 Å². The molecule has 0 bridgehead atoms. The number of aryl methyl sites for hydroxylation is 1. The van der Waals surface area contributed by atoms with Gasteiger partial charge < -0.3 is 5.11 Å². The van der Waals surface area contributed by atoms with Gasteiger partial charge in [0.15, 0.2) is 0 Å². The number of hydrogen-bond acceptors (Lipinski definition) is 3. The van der Waals surface area contributed by atoms with Crippen LogP contribution in [0.4, 0.5) is 0 Å². The van der Waals surface area contributed by atoms with Gasteiger partial charge in [0.1, 0.15) is 0 Å².